The molecule has 0 radical (unpaired) electrons. The van der Waals surface area contributed by atoms with E-state index >= 15 is 4.39 Å². The molecule has 0 aliphatic carbocycles. The highest BCUT2D eigenvalue weighted by molar-refractivity contribution is 6.33. The maximum atomic E-state index is 15.3. The molecule has 5 rings (SSSR count). The van der Waals surface area contributed by atoms with E-state index in [-0.39, 0.29) is 27.8 Å². The molecule has 5 aromatic heterocycles. The van der Waals surface area contributed by atoms with E-state index in [4.69, 9.17) is 22.1 Å². The molecule has 0 saturated carbocycles. The predicted octanol–water partition coefficient (Wildman–Crippen LogP) is 2.98. The molecular weight excluding hydrogens is 425 g/mol. The first-order valence-corrected chi connectivity index (χ1v) is 9.55. The van der Waals surface area contributed by atoms with Crippen LogP contribution in [0.3, 0.4) is 0 Å². The van der Waals surface area contributed by atoms with Gasteiger partial charge in [-0.3, -0.25) is 4.68 Å². The van der Waals surface area contributed by atoms with Crippen LogP contribution in [-0.2, 0) is 7.05 Å². The second-order valence-electron chi connectivity index (χ2n) is 6.83. The third kappa shape index (κ3) is 3.10. The van der Waals surface area contributed by atoms with E-state index in [0.717, 1.165) is 0 Å². The molecule has 0 fully saturated rings. The molecule has 0 bridgehead atoms. The number of aromatic nitrogens is 8. The number of pyridine rings is 2. The van der Waals surface area contributed by atoms with Crippen molar-refractivity contribution in [3.8, 4) is 17.0 Å². The Kier molecular flexibility index (Phi) is 4.40. The van der Waals surface area contributed by atoms with E-state index < -0.39 is 11.9 Å². The number of hydrogen-bond acceptors (Lipinski definition) is 8. The van der Waals surface area contributed by atoms with E-state index in [2.05, 4.69) is 30.1 Å². The largest absolute Gasteiger partial charge is 0.466 e. The number of halogens is 2. The zero-order valence-electron chi connectivity index (χ0n) is 16.4. The minimum atomic E-state index is -0.551. The van der Waals surface area contributed by atoms with Crippen molar-refractivity contribution in [1.82, 2.24) is 39.3 Å². The lowest BCUT2D eigenvalue weighted by atomic mass is 10.0. The van der Waals surface area contributed by atoms with Gasteiger partial charge in [-0.15, -0.1) is 0 Å². The SMILES string of the molecule is C[C@H](Oc1ncc(-c2ccn3ncc(Cl)c3c2F)c2ncnc(N)c12)c1ncn(C)n1. The summed E-state index contributed by atoms with van der Waals surface area (Å²) in [6.07, 6.45) is 6.82. The Morgan fingerprint density at radius 1 is 1.16 bits per heavy atom. The highest BCUT2D eigenvalue weighted by Gasteiger charge is 2.22. The van der Waals surface area contributed by atoms with Gasteiger partial charge in [0.2, 0.25) is 5.88 Å². The van der Waals surface area contributed by atoms with E-state index in [1.807, 2.05) is 0 Å². The van der Waals surface area contributed by atoms with Gasteiger partial charge in [-0.05, 0) is 13.0 Å². The lowest BCUT2D eigenvalue weighted by Crippen LogP contribution is -2.09. The number of anilines is 1. The summed E-state index contributed by atoms with van der Waals surface area (Å²) >= 11 is 6.11. The lowest BCUT2D eigenvalue weighted by molar-refractivity contribution is 0.210. The maximum Gasteiger partial charge on any atom is 0.227 e. The summed E-state index contributed by atoms with van der Waals surface area (Å²) in [6, 6.07) is 1.57. The van der Waals surface area contributed by atoms with Crippen LogP contribution < -0.4 is 10.5 Å². The summed E-state index contributed by atoms with van der Waals surface area (Å²) in [5.74, 6) is 0.272. The first-order chi connectivity index (χ1) is 14.9. The quantitative estimate of drug-likeness (QED) is 0.453. The van der Waals surface area contributed by atoms with Gasteiger partial charge in [0, 0.05) is 30.6 Å². The number of nitrogens with two attached hydrogens (primary N) is 1. The van der Waals surface area contributed by atoms with Crippen LogP contribution in [0.25, 0.3) is 27.5 Å². The number of rotatable bonds is 4. The van der Waals surface area contributed by atoms with Gasteiger partial charge in [0.1, 0.15) is 29.4 Å². The molecule has 0 amide bonds. The van der Waals surface area contributed by atoms with Crippen molar-refractivity contribution in [3.63, 3.8) is 0 Å². The van der Waals surface area contributed by atoms with Crippen LogP contribution in [0.4, 0.5) is 10.2 Å². The van der Waals surface area contributed by atoms with Crippen molar-refractivity contribution < 1.29 is 9.13 Å². The zero-order chi connectivity index (χ0) is 21.7. The fraction of sp³-hybridized carbons (Fsp3) is 0.158. The number of aryl methyl sites for hydroxylation is 1. The number of nitrogen functional groups attached to an aromatic ring is 1. The van der Waals surface area contributed by atoms with Crippen LogP contribution in [0.15, 0.2) is 37.3 Å². The first kappa shape index (κ1) is 19.1. The van der Waals surface area contributed by atoms with Crippen LogP contribution in [0.5, 0.6) is 5.88 Å². The predicted molar refractivity (Wildman–Crippen MR) is 111 cm³/mol. The van der Waals surface area contributed by atoms with Crippen molar-refractivity contribution in [1.29, 1.82) is 0 Å². The maximum absolute atomic E-state index is 15.3. The van der Waals surface area contributed by atoms with Gasteiger partial charge in [-0.2, -0.15) is 10.2 Å². The normalized spacial score (nSPS) is 12.5. The summed E-state index contributed by atoms with van der Waals surface area (Å²) in [4.78, 5) is 16.9. The van der Waals surface area contributed by atoms with Gasteiger partial charge in [0.15, 0.2) is 17.7 Å². The minimum absolute atomic E-state index is 0.152. The minimum Gasteiger partial charge on any atom is -0.466 e. The summed E-state index contributed by atoms with van der Waals surface area (Å²) < 4.78 is 24.2. The smallest absolute Gasteiger partial charge is 0.227 e. The second kappa shape index (κ2) is 7.13. The number of ether oxygens (including phenoxy) is 1. The van der Waals surface area contributed by atoms with Crippen LogP contribution in [-0.4, -0.2) is 39.3 Å². The van der Waals surface area contributed by atoms with Crippen molar-refractivity contribution in [2.45, 2.75) is 13.0 Å². The molecule has 0 unspecified atom stereocenters. The molecule has 1 atom stereocenters. The molecule has 5 heterocycles. The van der Waals surface area contributed by atoms with Crippen molar-refractivity contribution in [2.75, 3.05) is 5.73 Å². The van der Waals surface area contributed by atoms with Gasteiger partial charge >= 0.3 is 0 Å². The molecule has 12 heteroatoms. The van der Waals surface area contributed by atoms with Crippen LogP contribution in [0.1, 0.15) is 18.9 Å². The molecule has 31 heavy (non-hydrogen) atoms. The summed E-state index contributed by atoms with van der Waals surface area (Å²) in [5.41, 5.74) is 7.33. The topological polar surface area (TPSA) is 122 Å². The third-order valence-electron chi connectivity index (χ3n) is 4.79. The van der Waals surface area contributed by atoms with Crippen molar-refractivity contribution in [3.05, 3.63) is 54.0 Å². The fourth-order valence-corrected chi connectivity index (χ4v) is 3.54. The van der Waals surface area contributed by atoms with Crippen LogP contribution >= 0.6 is 11.6 Å². The lowest BCUT2D eigenvalue weighted by Gasteiger charge is -2.15. The molecule has 5 aromatic rings. The van der Waals surface area contributed by atoms with Gasteiger partial charge in [0.25, 0.3) is 0 Å². The average molecular weight is 440 g/mol. The van der Waals surface area contributed by atoms with Crippen molar-refractivity contribution >= 4 is 33.8 Å². The van der Waals surface area contributed by atoms with Crippen LogP contribution in [0.2, 0.25) is 5.02 Å². The second-order valence-corrected chi connectivity index (χ2v) is 7.23. The fourth-order valence-electron chi connectivity index (χ4n) is 3.33. The number of fused-ring (bicyclic) bond motifs is 2. The standard InChI is InChI=1S/C19H15ClFN9O/c1-9(18-26-8-29(2)28-18)31-19-13-15(24-7-25-17(13)22)11(5-23-19)10-3-4-30-16(14(10)21)12(20)6-27-30/h3-9H,1-2H3,(H2,22,24,25)/t9-/m0/s1. The Morgan fingerprint density at radius 2 is 2.00 bits per heavy atom. The third-order valence-corrected chi connectivity index (χ3v) is 5.07. The van der Waals surface area contributed by atoms with E-state index in [1.54, 1.807) is 37.2 Å². The Bertz CT molecular complexity index is 1450. The van der Waals surface area contributed by atoms with E-state index in [0.29, 0.717) is 22.3 Å². The molecule has 0 saturated heterocycles. The number of nitrogens with zero attached hydrogens (tertiary/aromatic N) is 8. The average Bonchev–Trinajstić information content (AvgIpc) is 3.35. The molecular formula is C19H15ClFN9O. The van der Waals surface area contributed by atoms with Crippen molar-refractivity contribution in [2.24, 2.45) is 7.05 Å². The summed E-state index contributed by atoms with van der Waals surface area (Å²) in [6.45, 7) is 1.78. The Labute approximate surface area is 179 Å². The molecule has 10 nitrogen and oxygen atoms in total. The van der Waals surface area contributed by atoms with E-state index in [9.17, 15) is 0 Å². The van der Waals surface area contributed by atoms with Gasteiger partial charge in [0.05, 0.1) is 16.7 Å². The molecule has 0 spiro atoms. The molecule has 0 aromatic carbocycles. The molecule has 2 N–H and O–H groups in total. The van der Waals surface area contributed by atoms with Crippen LogP contribution in [0, 0.1) is 5.82 Å². The first-order valence-electron chi connectivity index (χ1n) is 9.17. The highest BCUT2D eigenvalue weighted by atomic mass is 35.5. The zero-order valence-corrected chi connectivity index (χ0v) is 17.1. The van der Waals surface area contributed by atoms with Gasteiger partial charge in [-0.25, -0.2) is 28.8 Å². The Hall–Kier alpha value is -3.86. The van der Waals surface area contributed by atoms with Gasteiger partial charge < -0.3 is 10.5 Å². The molecule has 0 aliphatic heterocycles. The number of hydrogen-bond donors (Lipinski definition) is 1. The van der Waals surface area contributed by atoms with Gasteiger partial charge in [-0.1, -0.05) is 11.6 Å². The Balaban J connectivity index is 1.67. The van der Waals surface area contributed by atoms with E-state index in [1.165, 1.54) is 23.2 Å². The monoisotopic (exact) mass is 439 g/mol. The summed E-state index contributed by atoms with van der Waals surface area (Å²) in [7, 11) is 1.76. The molecule has 0 aliphatic rings. The summed E-state index contributed by atoms with van der Waals surface area (Å²) in [5, 5.41) is 8.81. The molecule has 156 valence electrons. The Morgan fingerprint density at radius 3 is 2.77 bits per heavy atom. The highest BCUT2D eigenvalue weighted by Crippen LogP contribution is 2.37.